The summed E-state index contributed by atoms with van der Waals surface area (Å²) in [6.07, 6.45) is -0.558. The van der Waals surface area contributed by atoms with E-state index in [4.69, 9.17) is 14.5 Å². The predicted molar refractivity (Wildman–Crippen MR) is 58.2 cm³/mol. The van der Waals surface area contributed by atoms with Gasteiger partial charge in [0, 0.05) is 11.0 Å². The second-order valence-electron chi connectivity index (χ2n) is 3.71. The average molecular weight is 242 g/mol. The van der Waals surface area contributed by atoms with E-state index in [0.717, 1.165) is 0 Å². The highest BCUT2D eigenvalue weighted by molar-refractivity contribution is 6.62. The van der Waals surface area contributed by atoms with E-state index >= 15 is 0 Å². The van der Waals surface area contributed by atoms with Gasteiger partial charge in [-0.2, -0.15) is 0 Å². The molecule has 0 bridgehead atoms. The van der Waals surface area contributed by atoms with Crippen LogP contribution >= 0.6 is 0 Å². The lowest BCUT2D eigenvalue weighted by molar-refractivity contribution is -0.383. The number of aliphatic hydroxyl groups is 1. The molecule has 5 N–H and O–H groups in total. The minimum Gasteiger partial charge on any atom is -0.492 e. The highest BCUT2D eigenvalue weighted by Crippen LogP contribution is 2.28. The smallest absolute Gasteiger partial charge is 0.492 e. The van der Waals surface area contributed by atoms with Gasteiger partial charge in [0.15, 0.2) is 0 Å². The van der Waals surface area contributed by atoms with Gasteiger partial charge in [-0.15, -0.1) is 0 Å². The lowest BCUT2D eigenvalue weighted by atomic mass is 9.78. The molecule has 92 valence electrons. The van der Waals surface area contributed by atoms with E-state index in [1.165, 1.54) is 12.1 Å². The third-order valence-corrected chi connectivity index (χ3v) is 2.67. The van der Waals surface area contributed by atoms with Gasteiger partial charge in [-0.3, -0.25) is 0 Å². The Kier molecular flexibility index (Phi) is 3.63. The zero-order chi connectivity index (χ0) is 12.4. The molecular weight excluding hydrogens is 228 g/mol. The Balaban J connectivity index is 2.42. The standard InChI is InChI=1S/C10H13BFNO4/c12-6-1-2-7(16-4-3-14)10-9(6)8(5-13)17-11(10)15/h1-2,8,14-15H,3-5,13H2/p+1. The number of halogens is 1. The Labute approximate surface area is 98.1 Å². The molecule has 0 radical (unpaired) electrons. The van der Waals surface area contributed by atoms with Crippen LogP contribution in [-0.2, 0) is 4.65 Å². The number of benzene rings is 1. The van der Waals surface area contributed by atoms with Crippen LogP contribution in [-0.4, -0.2) is 37.0 Å². The molecular formula is C10H14BFNO4+. The van der Waals surface area contributed by atoms with Crippen LogP contribution in [0.4, 0.5) is 4.39 Å². The summed E-state index contributed by atoms with van der Waals surface area (Å²) in [5.41, 5.74) is 4.24. The molecule has 1 aromatic carbocycles. The SMILES string of the molecule is [NH3+]CC1OB(O)c2c(OCCO)ccc(F)c21. The summed E-state index contributed by atoms with van der Waals surface area (Å²) in [5.74, 6) is -0.111. The first-order valence-electron chi connectivity index (χ1n) is 5.37. The van der Waals surface area contributed by atoms with Crippen LogP contribution in [0.1, 0.15) is 11.7 Å². The average Bonchev–Trinajstić information content (AvgIpc) is 2.67. The topological polar surface area (TPSA) is 86.6 Å². The van der Waals surface area contributed by atoms with Crippen LogP contribution < -0.4 is 15.9 Å². The zero-order valence-corrected chi connectivity index (χ0v) is 9.23. The van der Waals surface area contributed by atoms with Crippen molar-refractivity contribution in [2.45, 2.75) is 6.10 Å². The van der Waals surface area contributed by atoms with E-state index < -0.39 is 19.0 Å². The van der Waals surface area contributed by atoms with Gasteiger partial charge in [0.25, 0.3) is 0 Å². The van der Waals surface area contributed by atoms with Crippen molar-refractivity contribution in [3.8, 4) is 5.75 Å². The highest BCUT2D eigenvalue weighted by atomic mass is 19.1. The number of fused-ring (bicyclic) bond motifs is 1. The van der Waals surface area contributed by atoms with E-state index in [2.05, 4.69) is 5.73 Å². The monoisotopic (exact) mass is 242 g/mol. The Morgan fingerprint density at radius 3 is 2.94 bits per heavy atom. The molecule has 0 aliphatic carbocycles. The second-order valence-corrected chi connectivity index (χ2v) is 3.71. The van der Waals surface area contributed by atoms with Crippen LogP contribution in [0.2, 0.25) is 0 Å². The van der Waals surface area contributed by atoms with Crippen molar-refractivity contribution in [1.29, 1.82) is 0 Å². The summed E-state index contributed by atoms with van der Waals surface area (Å²) >= 11 is 0. The normalized spacial score (nSPS) is 18.4. The molecule has 1 aliphatic heterocycles. The molecule has 0 saturated heterocycles. The van der Waals surface area contributed by atoms with Gasteiger partial charge in [0.2, 0.25) is 0 Å². The van der Waals surface area contributed by atoms with Crippen molar-refractivity contribution >= 4 is 12.6 Å². The zero-order valence-electron chi connectivity index (χ0n) is 9.23. The summed E-state index contributed by atoms with van der Waals surface area (Å²) in [6.45, 7) is 0.256. The van der Waals surface area contributed by atoms with Gasteiger partial charge in [0.05, 0.1) is 6.61 Å². The van der Waals surface area contributed by atoms with Crippen molar-refractivity contribution in [3.05, 3.63) is 23.5 Å². The highest BCUT2D eigenvalue weighted by Gasteiger charge is 2.40. The molecule has 0 fully saturated rings. The lowest BCUT2D eigenvalue weighted by Crippen LogP contribution is -2.53. The van der Waals surface area contributed by atoms with Gasteiger partial charge < -0.3 is 25.3 Å². The maximum atomic E-state index is 13.7. The third-order valence-electron chi connectivity index (χ3n) is 2.67. The number of rotatable bonds is 4. The fourth-order valence-corrected chi connectivity index (χ4v) is 1.96. The molecule has 0 aromatic heterocycles. The number of quaternary nitrogens is 1. The van der Waals surface area contributed by atoms with E-state index in [1.54, 1.807) is 0 Å². The first-order chi connectivity index (χ1) is 8.19. The molecule has 1 heterocycles. The van der Waals surface area contributed by atoms with E-state index in [1.807, 2.05) is 0 Å². The number of aliphatic hydroxyl groups excluding tert-OH is 1. The summed E-state index contributed by atoms with van der Waals surface area (Å²) in [4.78, 5) is 0. The van der Waals surface area contributed by atoms with E-state index in [9.17, 15) is 9.41 Å². The van der Waals surface area contributed by atoms with Gasteiger partial charge >= 0.3 is 7.12 Å². The first kappa shape index (κ1) is 12.3. The second kappa shape index (κ2) is 5.01. The minimum absolute atomic E-state index is 0.0832. The molecule has 2 rings (SSSR count). The maximum absolute atomic E-state index is 13.7. The first-order valence-corrected chi connectivity index (χ1v) is 5.37. The molecule has 7 heteroatoms. The molecule has 0 spiro atoms. The maximum Gasteiger partial charge on any atom is 0.496 e. The van der Waals surface area contributed by atoms with Crippen molar-refractivity contribution in [1.82, 2.24) is 0 Å². The fourth-order valence-electron chi connectivity index (χ4n) is 1.96. The van der Waals surface area contributed by atoms with Gasteiger partial charge in [0.1, 0.15) is 30.8 Å². The molecule has 17 heavy (non-hydrogen) atoms. The van der Waals surface area contributed by atoms with Crippen molar-refractivity contribution < 1.29 is 29.6 Å². The molecule has 1 aliphatic rings. The van der Waals surface area contributed by atoms with Crippen molar-refractivity contribution in [2.24, 2.45) is 0 Å². The molecule has 0 saturated carbocycles. The molecule has 1 atom stereocenters. The van der Waals surface area contributed by atoms with Crippen LogP contribution in [0.5, 0.6) is 5.75 Å². The number of hydrogen-bond acceptors (Lipinski definition) is 4. The fraction of sp³-hybridized carbons (Fsp3) is 0.400. The van der Waals surface area contributed by atoms with Gasteiger partial charge in [-0.1, -0.05) is 0 Å². The van der Waals surface area contributed by atoms with Crippen LogP contribution in [0, 0.1) is 5.82 Å². The van der Waals surface area contributed by atoms with Gasteiger partial charge in [-0.25, -0.2) is 4.39 Å². The number of hydrogen-bond donors (Lipinski definition) is 3. The Morgan fingerprint density at radius 1 is 1.53 bits per heavy atom. The van der Waals surface area contributed by atoms with Crippen molar-refractivity contribution in [3.63, 3.8) is 0 Å². The largest absolute Gasteiger partial charge is 0.496 e. The quantitative estimate of drug-likeness (QED) is 0.543. The Bertz CT molecular complexity index is 418. The van der Waals surface area contributed by atoms with E-state index in [0.29, 0.717) is 23.3 Å². The lowest BCUT2D eigenvalue weighted by Gasteiger charge is -2.11. The summed E-state index contributed by atoms with van der Waals surface area (Å²) in [5, 5.41) is 18.4. The third kappa shape index (κ3) is 2.14. The van der Waals surface area contributed by atoms with Crippen molar-refractivity contribution in [2.75, 3.05) is 19.8 Å². The molecule has 1 unspecified atom stereocenters. The van der Waals surface area contributed by atoms with Crippen LogP contribution in [0.15, 0.2) is 12.1 Å². The summed E-state index contributed by atoms with van der Waals surface area (Å²) in [6, 6.07) is 2.68. The molecule has 1 aromatic rings. The number of ether oxygens (including phenoxy) is 1. The Hall–Kier alpha value is -1.15. The summed E-state index contributed by atoms with van der Waals surface area (Å²) in [7, 11) is -1.21. The minimum atomic E-state index is -1.21. The van der Waals surface area contributed by atoms with Gasteiger partial charge in [-0.05, 0) is 12.1 Å². The van der Waals surface area contributed by atoms with Crippen LogP contribution in [0.3, 0.4) is 0 Å². The molecule has 5 nitrogen and oxygen atoms in total. The predicted octanol–water partition coefficient (Wildman–Crippen LogP) is -1.80. The molecule has 0 amide bonds. The Morgan fingerprint density at radius 2 is 2.29 bits per heavy atom. The summed E-state index contributed by atoms with van der Waals surface area (Å²) < 4.78 is 24.1. The van der Waals surface area contributed by atoms with E-state index in [-0.39, 0.29) is 13.2 Å². The van der Waals surface area contributed by atoms with Crippen LogP contribution in [0.25, 0.3) is 0 Å².